The summed E-state index contributed by atoms with van der Waals surface area (Å²) in [6.07, 6.45) is 1.50. The van der Waals surface area contributed by atoms with Crippen molar-refractivity contribution in [2.24, 2.45) is 0 Å². The van der Waals surface area contributed by atoms with Crippen molar-refractivity contribution in [3.05, 3.63) is 45.4 Å². The van der Waals surface area contributed by atoms with Crippen LogP contribution in [0.5, 0.6) is 0 Å². The predicted molar refractivity (Wildman–Crippen MR) is 78.3 cm³/mol. The number of fused-ring (bicyclic) bond motifs is 1. The van der Waals surface area contributed by atoms with Gasteiger partial charge < -0.3 is 14.1 Å². The van der Waals surface area contributed by atoms with Crippen molar-refractivity contribution in [2.75, 3.05) is 7.11 Å². The number of rotatable bonds is 3. The molecule has 3 rings (SSSR count). The molecule has 7 heteroatoms. The molecule has 0 spiro atoms. The van der Waals surface area contributed by atoms with Crippen LogP contribution in [0, 0.1) is 6.92 Å². The summed E-state index contributed by atoms with van der Waals surface area (Å²) in [5, 5.41) is 0.406. The molecule has 1 aromatic carbocycles. The zero-order valence-corrected chi connectivity index (χ0v) is 12.2. The number of oxazole rings is 1. The molecule has 0 bridgehead atoms. The van der Waals surface area contributed by atoms with E-state index in [1.54, 1.807) is 19.1 Å². The van der Waals surface area contributed by atoms with E-state index < -0.39 is 0 Å². The molecule has 0 amide bonds. The molecular weight excluding hydrogens is 294 g/mol. The normalized spacial score (nSPS) is 11.2. The van der Waals surface area contributed by atoms with Crippen LogP contribution in [0.1, 0.15) is 11.7 Å². The quantitative estimate of drug-likeness (QED) is 0.804. The van der Waals surface area contributed by atoms with Gasteiger partial charge in [0.15, 0.2) is 11.5 Å². The Balaban J connectivity index is 2.14. The van der Waals surface area contributed by atoms with Gasteiger partial charge in [0.25, 0.3) is 5.56 Å². The van der Waals surface area contributed by atoms with E-state index in [1.807, 2.05) is 0 Å². The molecule has 0 saturated carbocycles. The number of halogens is 1. The maximum atomic E-state index is 12.1. The average molecular weight is 306 g/mol. The number of aromatic nitrogens is 3. The Bertz CT molecular complexity index is 870. The average Bonchev–Trinajstić information content (AvgIpc) is 2.80. The van der Waals surface area contributed by atoms with Crippen LogP contribution in [-0.4, -0.2) is 22.1 Å². The standard InChI is InChI=1S/C14H12ClN3O3/c1-7-17-11-4-8(3-10(15)13(11)21-7)9-5-16-12(6-20-2)18-14(9)19/h3-5H,6H2,1-2H3,(H,16,18,19). The van der Waals surface area contributed by atoms with Crippen LogP contribution in [-0.2, 0) is 11.3 Å². The summed E-state index contributed by atoms with van der Waals surface area (Å²) in [5.74, 6) is 0.988. The number of nitrogens with one attached hydrogen (secondary N) is 1. The number of H-pyrrole nitrogens is 1. The smallest absolute Gasteiger partial charge is 0.258 e. The molecule has 0 radical (unpaired) electrons. The van der Waals surface area contributed by atoms with Crippen molar-refractivity contribution >= 4 is 22.7 Å². The van der Waals surface area contributed by atoms with Crippen molar-refractivity contribution in [1.82, 2.24) is 15.0 Å². The Morgan fingerprint density at radius 1 is 1.43 bits per heavy atom. The van der Waals surface area contributed by atoms with Crippen molar-refractivity contribution in [1.29, 1.82) is 0 Å². The monoisotopic (exact) mass is 305 g/mol. The Labute approximate surface area is 124 Å². The molecule has 0 aliphatic carbocycles. The molecule has 0 fully saturated rings. The molecule has 2 aromatic heterocycles. The van der Waals surface area contributed by atoms with E-state index >= 15 is 0 Å². The number of benzene rings is 1. The third-order valence-electron chi connectivity index (χ3n) is 3.00. The van der Waals surface area contributed by atoms with Crippen molar-refractivity contribution < 1.29 is 9.15 Å². The highest BCUT2D eigenvalue weighted by Crippen LogP contribution is 2.29. The van der Waals surface area contributed by atoms with Crippen LogP contribution in [0.15, 0.2) is 27.5 Å². The highest BCUT2D eigenvalue weighted by molar-refractivity contribution is 6.35. The zero-order chi connectivity index (χ0) is 15.0. The van der Waals surface area contributed by atoms with Gasteiger partial charge in [0, 0.05) is 20.2 Å². The number of hydrogen-bond acceptors (Lipinski definition) is 5. The number of methoxy groups -OCH3 is 1. The first-order valence-electron chi connectivity index (χ1n) is 6.22. The van der Waals surface area contributed by atoms with Gasteiger partial charge >= 0.3 is 0 Å². The van der Waals surface area contributed by atoms with Crippen LogP contribution >= 0.6 is 11.6 Å². The van der Waals surface area contributed by atoms with Gasteiger partial charge in [-0.25, -0.2) is 9.97 Å². The largest absolute Gasteiger partial charge is 0.439 e. The topological polar surface area (TPSA) is 81.0 Å². The van der Waals surface area contributed by atoms with Crippen molar-refractivity contribution in [3.63, 3.8) is 0 Å². The first kappa shape index (κ1) is 13.8. The molecular formula is C14H12ClN3O3. The lowest BCUT2D eigenvalue weighted by Gasteiger charge is -2.03. The minimum Gasteiger partial charge on any atom is -0.439 e. The highest BCUT2D eigenvalue weighted by Gasteiger charge is 2.12. The Morgan fingerprint density at radius 3 is 2.95 bits per heavy atom. The van der Waals surface area contributed by atoms with E-state index in [0.29, 0.717) is 39.0 Å². The molecule has 6 nitrogen and oxygen atoms in total. The summed E-state index contributed by atoms with van der Waals surface area (Å²) in [4.78, 5) is 23.2. The number of hydrogen-bond donors (Lipinski definition) is 1. The Hall–Kier alpha value is -2.18. The van der Waals surface area contributed by atoms with E-state index in [1.165, 1.54) is 13.3 Å². The summed E-state index contributed by atoms with van der Waals surface area (Å²) in [6.45, 7) is 1.99. The van der Waals surface area contributed by atoms with Crippen LogP contribution in [0.3, 0.4) is 0 Å². The summed E-state index contributed by atoms with van der Waals surface area (Å²) in [6, 6.07) is 3.41. The third-order valence-corrected chi connectivity index (χ3v) is 3.28. The maximum absolute atomic E-state index is 12.1. The molecule has 0 aliphatic rings. The molecule has 21 heavy (non-hydrogen) atoms. The fourth-order valence-corrected chi connectivity index (χ4v) is 2.36. The summed E-state index contributed by atoms with van der Waals surface area (Å²) < 4.78 is 10.3. The van der Waals surface area contributed by atoms with Gasteiger partial charge in [-0.15, -0.1) is 0 Å². The van der Waals surface area contributed by atoms with Crippen molar-refractivity contribution in [3.8, 4) is 11.1 Å². The first-order chi connectivity index (χ1) is 10.1. The first-order valence-corrected chi connectivity index (χ1v) is 6.60. The van der Waals surface area contributed by atoms with Crippen LogP contribution in [0.25, 0.3) is 22.2 Å². The second kappa shape index (κ2) is 5.31. The number of ether oxygens (including phenoxy) is 1. The maximum Gasteiger partial charge on any atom is 0.258 e. The second-order valence-corrected chi connectivity index (χ2v) is 4.95. The summed E-state index contributed by atoms with van der Waals surface area (Å²) in [5.41, 5.74) is 1.92. The minimum atomic E-state index is -0.257. The van der Waals surface area contributed by atoms with Crippen molar-refractivity contribution in [2.45, 2.75) is 13.5 Å². The molecule has 108 valence electrons. The van der Waals surface area contributed by atoms with E-state index in [-0.39, 0.29) is 12.2 Å². The molecule has 0 unspecified atom stereocenters. The summed E-state index contributed by atoms with van der Waals surface area (Å²) in [7, 11) is 1.54. The van der Waals surface area contributed by atoms with Gasteiger partial charge in [-0.3, -0.25) is 4.79 Å². The Kier molecular flexibility index (Phi) is 3.48. The fraction of sp³-hybridized carbons (Fsp3) is 0.214. The SMILES string of the molecule is COCc1ncc(-c2cc(Cl)c3oc(C)nc3c2)c(=O)[nH]1. The number of aromatic amines is 1. The fourth-order valence-electron chi connectivity index (χ4n) is 2.11. The predicted octanol–water partition coefficient (Wildman–Crippen LogP) is 2.69. The van der Waals surface area contributed by atoms with Gasteiger partial charge in [-0.2, -0.15) is 0 Å². The van der Waals surface area contributed by atoms with Gasteiger partial charge in [0.2, 0.25) is 0 Å². The highest BCUT2D eigenvalue weighted by atomic mass is 35.5. The molecule has 0 atom stereocenters. The lowest BCUT2D eigenvalue weighted by atomic mass is 10.1. The van der Waals surface area contributed by atoms with Gasteiger partial charge in [0.05, 0.1) is 10.6 Å². The summed E-state index contributed by atoms with van der Waals surface area (Å²) >= 11 is 6.17. The molecule has 1 N–H and O–H groups in total. The zero-order valence-electron chi connectivity index (χ0n) is 11.4. The molecule has 2 heterocycles. The lowest BCUT2D eigenvalue weighted by Crippen LogP contribution is -2.13. The van der Waals surface area contributed by atoms with Gasteiger partial charge in [-0.1, -0.05) is 11.6 Å². The van der Waals surface area contributed by atoms with Crippen LogP contribution in [0.4, 0.5) is 0 Å². The van der Waals surface area contributed by atoms with E-state index in [4.69, 9.17) is 20.8 Å². The van der Waals surface area contributed by atoms with Gasteiger partial charge in [-0.05, 0) is 17.7 Å². The number of aryl methyl sites for hydroxylation is 1. The number of nitrogens with zero attached hydrogens (tertiary/aromatic N) is 2. The lowest BCUT2D eigenvalue weighted by molar-refractivity contribution is 0.177. The molecule has 3 aromatic rings. The minimum absolute atomic E-state index is 0.248. The van der Waals surface area contributed by atoms with E-state index in [2.05, 4.69) is 15.0 Å². The Morgan fingerprint density at radius 2 is 2.24 bits per heavy atom. The third kappa shape index (κ3) is 2.55. The van der Waals surface area contributed by atoms with E-state index in [0.717, 1.165) is 0 Å². The van der Waals surface area contributed by atoms with E-state index in [9.17, 15) is 4.79 Å². The van der Waals surface area contributed by atoms with Gasteiger partial charge in [0.1, 0.15) is 17.9 Å². The molecule has 0 aliphatic heterocycles. The van der Waals surface area contributed by atoms with Crippen LogP contribution in [0.2, 0.25) is 5.02 Å². The van der Waals surface area contributed by atoms with Crippen LogP contribution < -0.4 is 5.56 Å². The second-order valence-electron chi connectivity index (χ2n) is 4.54. The molecule has 0 saturated heterocycles.